The van der Waals surface area contributed by atoms with Gasteiger partial charge in [0.05, 0.1) is 5.69 Å². The summed E-state index contributed by atoms with van der Waals surface area (Å²) in [6, 6.07) is 79.5. The molecule has 3 heterocycles. The number of hydrogen-bond donors (Lipinski definition) is 0. The van der Waals surface area contributed by atoms with Crippen LogP contribution in [0.25, 0.3) is 22.3 Å². The maximum absolute atomic E-state index is 2.78. The Morgan fingerprint density at radius 2 is 0.857 bits per heavy atom. The minimum atomic E-state index is -2.78. The Kier molecular flexibility index (Phi) is 10.0. The van der Waals surface area contributed by atoms with E-state index in [-0.39, 0.29) is 23.0 Å². The van der Waals surface area contributed by atoms with E-state index in [1.807, 2.05) is 0 Å². The van der Waals surface area contributed by atoms with E-state index < -0.39 is 8.07 Å². The first-order chi connectivity index (χ1) is 33.6. The van der Waals surface area contributed by atoms with E-state index in [4.69, 9.17) is 0 Å². The Balaban J connectivity index is 1.18. The lowest BCUT2D eigenvalue weighted by molar-refractivity contribution is 0.590. The number of para-hydroxylation sites is 1. The van der Waals surface area contributed by atoms with Gasteiger partial charge in [-0.05, 0) is 135 Å². The number of hydrogen-bond acceptors (Lipinski definition) is 2. The molecule has 0 unspecified atom stereocenters. The summed E-state index contributed by atoms with van der Waals surface area (Å²) >= 11 is 0. The molecule has 3 aliphatic rings. The van der Waals surface area contributed by atoms with Crippen molar-refractivity contribution in [3.05, 3.63) is 223 Å². The normalized spacial score (nSPS) is 14.4. The van der Waals surface area contributed by atoms with E-state index in [0.29, 0.717) is 0 Å². The van der Waals surface area contributed by atoms with Crippen LogP contribution >= 0.6 is 0 Å². The molecule has 0 aliphatic carbocycles. The highest BCUT2D eigenvalue weighted by Gasteiger charge is 2.50. The summed E-state index contributed by atoms with van der Waals surface area (Å²) in [5.74, 6) is 0. The molecule has 2 nitrogen and oxygen atoms in total. The van der Waals surface area contributed by atoms with Crippen LogP contribution in [0.5, 0.6) is 0 Å². The van der Waals surface area contributed by atoms with Crippen molar-refractivity contribution in [2.24, 2.45) is 0 Å². The quantitative estimate of drug-likeness (QED) is 0.159. The molecule has 9 aromatic carbocycles. The highest BCUT2D eigenvalue weighted by atomic mass is 28.3. The van der Waals surface area contributed by atoms with Gasteiger partial charge in [0, 0.05) is 34.0 Å². The van der Waals surface area contributed by atoms with Gasteiger partial charge in [-0.15, -0.1) is 0 Å². The summed E-state index contributed by atoms with van der Waals surface area (Å²) in [4.78, 5) is 5.27. The molecule has 4 heteroatoms. The zero-order valence-corrected chi connectivity index (χ0v) is 43.1. The Morgan fingerprint density at radius 1 is 0.343 bits per heavy atom. The number of nitrogens with zero attached hydrogens (tertiary/aromatic N) is 2. The second kappa shape index (κ2) is 15.9. The van der Waals surface area contributed by atoms with Gasteiger partial charge in [-0.2, -0.15) is 0 Å². The van der Waals surface area contributed by atoms with E-state index in [1.165, 1.54) is 110 Å². The largest absolute Gasteiger partial charge is 0.311 e. The van der Waals surface area contributed by atoms with Gasteiger partial charge >= 0.3 is 0 Å². The maximum atomic E-state index is 2.63. The number of anilines is 6. The predicted octanol–water partition coefficient (Wildman–Crippen LogP) is 12.7. The molecule has 0 N–H and O–H groups in total. The van der Waals surface area contributed by atoms with Crippen molar-refractivity contribution in [3.63, 3.8) is 0 Å². The molecule has 0 saturated carbocycles. The first-order valence-corrected chi connectivity index (χ1v) is 27.2. The molecule has 3 aliphatic heterocycles. The molecule has 0 amide bonds. The number of benzene rings is 9. The third-order valence-corrected chi connectivity index (χ3v) is 20.5. The third-order valence-electron chi connectivity index (χ3n) is 15.6. The summed E-state index contributed by atoms with van der Waals surface area (Å²) in [6.45, 7) is 21.1. The van der Waals surface area contributed by atoms with Crippen molar-refractivity contribution in [1.82, 2.24) is 0 Å². The zero-order valence-electron chi connectivity index (χ0n) is 42.1. The fourth-order valence-corrected chi connectivity index (χ4v) is 17.2. The molecule has 0 atom stereocenters. The van der Waals surface area contributed by atoms with Crippen LogP contribution < -0.4 is 46.9 Å². The summed E-state index contributed by atoms with van der Waals surface area (Å²) in [7, 11) is -2.78. The van der Waals surface area contributed by atoms with Crippen LogP contribution in [0.1, 0.15) is 79.0 Å². The van der Waals surface area contributed by atoms with Crippen LogP contribution in [0.4, 0.5) is 34.1 Å². The monoisotopic (exact) mass is 920 g/mol. The van der Waals surface area contributed by atoms with Crippen molar-refractivity contribution in [1.29, 1.82) is 0 Å². The molecule has 12 rings (SSSR count). The second-order valence-electron chi connectivity index (χ2n) is 23.0. The smallest absolute Gasteiger partial charge is 0.252 e. The minimum Gasteiger partial charge on any atom is -0.311 e. The van der Waals surface area contributed by atoms with E-state index in [9.17, 15) is 0 Å². The average molecular weight is 921 g/mol. The van der Waals surface area contributed by atoms with Crippen LogP contribution in [-0.4, -0.2) is 14.8 Å². The molecular weight excluding hydrogens is 860 g/mol. The Morgan fingerprint density at radius 3 is 1.50 bits per heavy atom. The van der Waals surface area contributed by atoms with E-state index >= 15 is 0 Å². The van der Waals surface area contributed by atoms with Crippen molar-refractivity contribution in [2.45, 2.75) is 78.6 Å². The van der Waals surface area contributed by atoms with E-state index in [0.717, 1.165) is 0 Å². The van der Waals surface area contributed by atoms with Crippen molar-refractivity contribution >= 4 is 86.0 Å². The standard InChI is InChI=1S/C66H61BN2Si/c1-64(2,3)45-33-37-56(53(39-45)44-23-13-10-14-24-44)69-58-38-34-46(65(4,5)6)40-55(58)67-54-30-20-21-31-57(54)68(59-41-47(66(7,8)9)42-60(69)63(59)67)48-35-36-52-51-29-19-22-32-61(51)70(62(52)43-48,49-25-15-11-16-26-49)50-27-17-12-18-28-50/h10-43H,1-9H3. The molecular formula is C66H61BN2Si. The summed E-state index contributed by atoms with van der Waals surface area (Å²) in [5, 5.41) is 5.71. The third kappa shape index (κ3) is 6.74. The Hall–Kier alpha value is -7.14. The van der Waals surface area contributed by atoms with Gasteiger partial charge in [-0.3, -0.25) is 0 Å². The fraction of sp³-hybridized carbons (Fsp3) is 0.182. The van der Waals surface area contributed by atoms with Gasteiger partial charge in [-0.1, -0.05) is 220 Å². The van der Waals surface area contributed by atoms with Crippen LogP contribution in [0, 0.1) is 0 Å². The zero-order chi connectivity index (χ0) is 48.3. The van der Waals surface area contributed by atoms with E-state index in [1.54, 1.807) is 0 Å². The second-order valence-corrected chi connectivity index (χ2v) is 26.7. The SMILES string of the molecule is CC(C)(C)c1ccc2c(c1)B1c3ccccc3N(c3ccc4c(c3)[Si](c3ccccc3)(c3ccccc3)c3ccccc3-4)c3cc(C(C)(C)C)cc(c31)N2c1ccc(C(C)(C)C)cc1-c1ccccc1. The molecule has 0 fully saturated rings. The van der Waals surface area contributed by atoms with Crippen molar-refractivity contribution in [2.75, 3.05) is 9.80 Å². The lowest BCUT2D eigenvalue weighted by Crippen LogP contribution is -2.72. The molecule has 0 aromatic heterocycles. The van der Waals surface area contributed by atoms with Gasteiger partial charge in [0.25, 0.3) is 6.71 Å². The molecule has 9 aromatic rings. The summed E-state index contributed by atoms with van der Waals surface area (Å²) < 4.78 is 0. The first kappa shape index (κ1) is 44.1. The number of fused-ring (bicyclic) bond motifs is 7. The van der Waals surface area contributed by atoms with Crippen LogP contribution in [0.2, 0.25) is 0 Å². The maximum Gasteiger partial charge on any atom is 0.252 e. The minimum absolute atomic E-state index is 0.00910. The highest BCUT2D eigenvalue weighted by molar-refractivity contribution is 7.22. The molecule has 342 valence electrons. The predicted molar refractivity (Wildman–Crippen MR) is 305 cm³/mol. The average Bonchev–Trinajstić information content (AvgIpc) is 3.66. The van der Waals surface area contributed by atoms with Crippen LogP contribution in [0.3, 0.4) is 0 Å². The van der Waals surface area contributed by atoms with Gasteiger partial charge in [0.2, 0.25) is 0 Å². The van der Waals surface area contributed by atoms with Gasteiger partial charge < -0.3 is 9.80 Å². The first-order valence-electron chi connectivity index (χ1n) is 25.2. The lowest BCUT2D eigenvalue weighted by atomic mass is 9.33. The topological polar surface area (TPSA) is 6.48 Å². The van der Waals surface area contributed by atoms with Gasteiger partial charge in [0.1, 0.15) is 0 Å². The Bertz CT molecular complexity index is 3460. The molecule has 0 radical (unpaired) electrons. The molecule has 0 saturated heterocycles. The fourth-order valence-electron chi connectivity index (χ4n) is 12.0. The van der Waals surface area contributed by atoms with Crippen molar-refractivity contribution in [3.8, 4) is 22.3 Å². The highest BCUT2D eigenvalue weighted by Crippen LogP contribution is 2.49. The number of rotatable bonds is 5. The van der Waals surface area contributed by atoms with Crippen LogP contribution in [-0.2, 0) is 16.2 Å². The van der Waals surface area contributed by atoms with Crippen molar-refractivity contribution < 1.29 is 0 Å². The van der Waals surface area contributed by atoms with E-state index in [2.05, 4.69) is 278 Å². The molecule has 0 spiro atoms. The Labute approximate surface area is 417 Å². The summed E-state index contributed by atoms with van der Waals surface area (Å²) in [5.41, 5.74) is 20.3. The van der Waals surface area contributed by atoms with Gasteiger partial charge in [0.15, 0.2) is 8.07 Å². The molecule has 70 heavy (non-hydrogen) atoms. The molecule has 0 bridgehead atoms. The summed E-state index contributed by atoms with van der Waals surface area (Å²) in [6.07, 6.45) is 0. The van der Waals surface area contributed by atoms with Crippen LogP contribution in [0.15, 0.2) is 206 Å². The van der Waals surface area contributed by atoms with Gasteiger partial charge in [-0.25, -0.2) is 0 Å². The lowest BCUT2D eigenvalue weighted by Gasteiger charge is -2.46.